The number of nitrogens with zero attached hydrogens (tertiary/aromatic N) is 2. The van der Waals surface area contributed by atoms with E-state index in [2.05, 4.69) is 4.98 Å². The Morgan fingerprint density at radius 1 is 1.26 bits per heavy atom. The normalized spacial score (nSPS) is 20.6. The monoisotopic (exact) mass is 264 g/mol. The minimum atomic E-state index is -0.815. The largest absolute Gasteiger partial charge is 0.521 e. The molecule has 2 rings (SSSR count). The Labute approximate surface area is 112 Å². The van der Waals surface area contributed by atoms with Crippen molar-refractivity contribution < 1.29 is 14.2 Å². The van der Waals surface area contributed by atoms with Crippen molar-refractivity contribution in [3.63, 3.8) is 0 Å². The zero-order chi connectivity index (χ0) is 14.4. The van der Waals surface area contributed by atoms with E-state index >= 15 is 0 Å². The third kappa shape index (κ3) is 2.23. The van der Waals surface area contributed by atoms with Crippen LogP contribution in [0.25, 0.3) is 0 Å². The quantitative estimate of drug-likeness (QED) is 0.460. The first-order valence-electron chi connectivity index (χ1n) is 6.11. The van der Waals surface area contributed by atoms with Crippen molar-refractivity contribution in [3.8, 4) is 0 Å². The second-order valence-electron chi connectivity index (χ2n) is 5.71. The van der Waals surface area contributed by atoms with Gasteiger partial charge in [0.05, 0.1) is 16.1 Å². The molecule has 7 heteroatoms. The Morgan fingerprint density at radius 3 is 2.26 bits per heavy atom. The molecule has 0 atom stereocenters. The van der Waals surface area contributed by atoms with Gasteiger partial charge in [-0.25, -0.2) is 0 Å². The molecule has 1 aromatic rings. The fourth-order valence-electron chi connectivity index (χ4n) is 1.94. The number of pyridine rings is 1. The first-order valence-corrected chi connectivity index (χ1v) is 6.11. The molecule has 0 N–H and O–H groups in total. The van der Waals surface area contributed by atoms with Crippen LogP contribution in [0.2, 0.25) is 0 Å². The highest BCUT2D eigenvalue weighted by Gasteiger charge is 2.54. The molecule has 0 unspecified atom stereocenters. The van der Waals surface area contributed by atoms with Crippen LogP contribution in [0.4, 0.5) is 5.69 Å². The van der Waals surface area contributed by atoms with Crippen molar-refractivity contribution in [2.45, 2.75) is 45.8 Å². The molecule has 6 nitrogen and oxygen atoms in total. The van der Waals surface area contributed by atoms with E-state index in [1.54, 1.807) is 13.0 Å². The summed E-state index contributed by atoms with van der Waals surface area (Å²) in [5.74, 6) is 0. The van der Waals surface area contributed by atoms with Crippen molar-refractivity contribution in [2.75, 3.05) is 0 Å². The van der Waals surface area contributed by atoms with Crippen LogP contribution in [-0.2, 0) is 9.31 Å². The summed E-state index contributed by atoms with van der Waals surface area (Å²) in [4.78, 5) is 14.8. The van der Waals surface area contributed by atoms with E-state index in [1.165, 1.54) is 6.20 Å². The van der Waals surface area contributed by atoms with Gasteiger partial charge in [-0.1, -0.05) is 0 Å². The number of hydrogen-bond acceptors (Lipinski definition) is 5. The molecular formula is C12H17BN2O4. The smallest absolute Gasteiger partial charge is 0.398 e. The van der Waals surface area contributed by atoms with Crippen LogP contribution in [0.15, 0.2) is 12.3 Å². The van der Waals surface area contributed by atoms with Gasteiger partial charge in [-0.15, -0.1) is 0 Å². The van der Waals surface area contributed by atoms with Crippen LogP contribution in [0.3, 0.4) is 0 Å². The zero-order valence-corrected chi connectivity index (χ0v) is 11.8. The summed E-state index contributed by atoms with van der Waals surface area (Å²) in [5.41, 5.74) is -0.358. The Hall–Kier alpha value is -1.47. The second kappa shape index (κ2) is 4.28. The zero-order valence-electron chi connectivity index (χ0n) is 11.8. The fourth-order valence-corrected chi connectivity index (χ4v) is 1.94. The summed E-state index contributed by atoms with van der Waals surface area (Å²) in [6, 6.07) is 1.60. The molecule has 0 spiro atoms. The lowest BCUT2D eigenvalue weighted by atomic mass is 9.82. The molecule has 1 fully saturated rings. The van der Waals surface area contributed by atoms with Crippen molar-refractivity contribution in [2.24, 2.45) is 0 Å². The summed E-state index contributed by atoms with van der Waals surface area (Å²) < 4.78 is 11.6. The van der Waals surface area contributed by atoms with Crippen molar-refractivity contribution >= 4 is 18.4 Å². The molecule has 0 aromatic carbocycles. The molecule has 1 aromatic heterocycles. The number of aromatic nitrogens is 1. The van der Waals surface area contributed by atoms with E-state index in [4.69, 9.17) is 9.31 Å². The summed E-state index contributed by atoms with van der Waals surface area (Å²) in [6.45, 7) is 9.26. The Balaban J connectivity index is 2.46. The van der Waals surface area contributed by atoms with E-state index in [1.807, 2.05) is 27.7 Å². The highest BCUT2D eigenvalue weighted by atomic mass is 16.7. The molecular weight excluding hydrogens is 247 g/mol. The van der Waals surface area contributed by atoms with E-state index < -0.39 is 23.2 Å². The van der Waals surface area contributed by atoms with Crippen molar-refractivity contribution in [3.05, 3.63) is 27.9 Å². The molecule has 102 valence electrons. The summed E-state index contributed by atoms with van der Waals surface area (Å²) in [5, 5.41) is 11.2. The third-order valence-corrected chi connectivity index (χ3v) is 3.81. The molecule has 0 amide bonds. The predicted molar refractivity (Wildman–Crippen MR) is 71.3 cm³/mol. The summed E-state index contributed by atoms with van der Waals surface area (Å²) >= 11 is 0. The number of hydrogen-bond donors (Lipinski definition) is 0. The summed E-state index contributed by atoms with van der Waals surface area (Å²) in [7, 11) is -0.815. The van der Waals surface area contributed by atoms with Gasteiger partial charge < -0.3 is 9.31 Å². The molecule has 19 heavy (non-hydrogen) atoms. The Morgan fingerprint density at radius 2 is 1.79 bits per heavy atom. The molecule has 0 bridgehead atoms. The number of rotatable bonds is 2. The molecule has 0 saturated carbocycles. The Kier molecular flexibility index (Phi) is 3.14. The topological polar surface area (TPSA) is 74.5 Å². The van der Waals surface area contributed by atoms with Crippen LogP contribution in [0, 0.1) is 17.0 Å². The first kappa shape index (κ1) is 14.0. The van der Waals surface area contributed by atoms with Gasteiger partial charge in [0, 0.05) is 11.8 Å². The number of aryl methyl sites for hydroxylation is 1. The van der Waals surface area contributed by atoms with Crippen LogP contribution >= 0.6 is 0 Å². The van der Waals surface area contributed by atoms with Gasteiger partial charge in [-0.05, 0) is 40.7 Å². The molecule has 1 aliphatic heterocycles. The third-order valence-electron chi connectivity index (χ3n) is 3.81. The van der Waals surface area contributed by atoms with E-state index in [9.17, 15) is 10.1 Å². The molecule has 2 heterocycles. The van der Waals surface area contributed by atoms with Gasteiger partial charge in [0.25, 0.3) is 5.69 Å². The van der Waals surface area contributed by atoms with Gasteiger partial charge in [0.1, 0.15) is 5.59 Å². The van der Waals surface area contributed by atoms with Crippen LogP contribution < -0.4 is 5.59 Å². The lowest BCUT2D eigenvalue weighted by Gasteiger charge is -2.32. The van der Waals surface area contributed by atoms with Crippen LogP contribution in [-0.4, -0.2) is 28.2 Å². The Bertz CT molecular complexity index is 514. The van der Waals surface area contributed by atoms with Gasteiger partial charge in [0.2, 0.25) is 0 Å². The van der Waals surface area contributed by atoms with Crippen LogP contribution in [0.5, 0.6) is 0 Å². The molecule has 0 aliphatic carbocycles. The van der Waals surface area contributed by atoms with Gasteiger partial charge >= 0.3 is 7.12 Å². The lowest BCUT2D eigenvalue weighted by molar-refractivity contribution is -0.384. The fraction of sp³-hybridized carbons (Fsp3) is 0.583. The number of nitro groups is 1. The minimum absolute atomic E-state index is 0.0407. The maximum atomic E-state index is 11.2. The van der Waals surface area contributed by atoms with Crippen molar-refractivity contribution in [1.82, 2.24) is 4.98 Å². The highest BCUT2D eigenvalue weighted by Crippen LogP contribution is 2.37. The minimum Gasteiger partial charge on any atom is -0.398 e. The lowest BCUT2D eigenvalue weighted by Crippen LogP contribution is -2.41. The first-order chi connectivity index (χ1) is 8.66. The molecule has 1 aliphatic rings. The van der Waals surface area contributed by atoms with Crippen molar-refractivity contribution in [1.29, 1.82) is 0 Å². The maximum absolute atomic E-state index is 11.2. The standard InChI is InChI=1S/C12H17BN2O4/c1-8-6-7-14-10(9(8)15(16)17)13-18-11(2,3)12(4,5)19-13/h6-7H,1-5H3. The molecule has 1 saturated heterocycles. The maximum Gasteiger partial charge on any atom is 0.521 e. The molecule has 0 radical (unpaired) electrons. The van der Waals surface area contributed by atoms with E-state index in [0.29, 0.717) is 5.56 Å². The SMILES string of the molecule is Cc1ccnc(B2OC(C)(C)C(C)(C)O2)c1[N+](=O)[O-]. The van der Waals surface area contributed by atoms with Gasteiger partial charge in [-0.2, -0.15) is 0 Å². The van der Waals surface area contributed by atoms with E-state index in [0.717, 1.165) is 0 Å². The van der Waals surface area contributed by atoms with Gasteiger partial charge in [0.15, 0.2) is 0 Å². The summed E-state index contributed by atoms with van der Waals surface area (Å²) in [6.07, 6.45) is 1.53. The predicted octanol–water partition coefficient (Wildman–Crippen LogP) is 1.60. The second-order valence-corrected chi connectivity index (χ2v) is 5.71. The van der Waals surface area contributed by atoms with Crippen LogP contribution in [0.1, 0.15) is 33.3 Å². The average molecular weight is 264 g/mol. The highest BCUT2D eigenvalue weighted by molar-refractivity contribution is 6.62. The average Bonchev–Trinajstić information content (AvgIpc) is 2.47. The van der Waals surface area contributed by atoms with E-state index in [-0.39, 0.29) is 11.3 Å². The van der Waals surface area contributed by atoms with Gasteiger partial charge in [-0.3, -0.25) is 15.1 Å².